The number of carbonyl (C=O) groups excluding carboxylic acids is 1. The van der Waals surface area contributed by atoms with Gasteiger partial charge in [0.1, 0.15) is 17.2 Å². The Balaban J connectivity index is 1.31. The largest absolute Gasteiger partial charge is 0.337 e. The second-order valence-corrected chi connectivity index (χ2v) is 9.30. The SMILES string of the molecule is O=C(Nc1cncc(-c2ncc3[nH]nc(-c4nc5c(-c6ccc(F)cc6)cccc5[nH]4)c3c2F)c1)C1CC1. The molecular formula is C28H19F2N7O. The fourth-order valence-electron chi connectivity index (χ4n) is 4.58. The van der Waals surface area contributed by atoms with Crippen molar-refractivity contribution in [2.75, 3.05) is 5.32 Å². The molecule has 0 aliphatic heterocycles. The molecule has 6 aromatic rings. The Morgan fingerprint density at radius 1 is 0.947 bits per heavy atom. The van der Waals surface area contributed by atoms with E-state index in [0.29, 0.717) is 33.8 Å². The van der Waals surface area contributed by atoms with E-state index in [9.17, 15) is 9.18 Å². The number of para-hydroxylation sites is 1. The van der Waals surface area contributed by atoms with E-state index in [1.54, 1.807) is 18.2 Å². The molecule has 3 N–H and O–H groups in total. The van der Waals surface area contributed by atoms with Gasteiger partial charge in [-0.15, -0.1) is 0 Å². The Kier molecular flexibility index (Phi) is 5.00. The van der Waals surface area contributed by atoms with Crippen LogP contribution in [0.5, 0.6) is 0 Å². The highest BCUT2D eigenvalue weighted by molar-refractivity contribution is 5.98. The number of hydrogen-bond donors (Lipinski definition) is 3. The van der Waals surface area contributed by atoms with E-state index in [0.717, 1.165) is 29.5 Å². The number of fused-ring (bicyclic) bond motifs is 2. The Morgan fingerprint density at radius 3 is 2.61 bits per heavy atom. The molecule has 4 heterocycles. The maximum absolute atomic E-state index is 16.0. The molecule has 186 valence electrons. The van der Waals surface area contributed by atoms with E-state index in [1.165, 1.54) is 30.7 Å². The molecule has 2 aromatic carbocycles. The summed E-state index contributed by atoms with van der Waals surface area (Å²) < 4.78 is 29.5. The minimum Gasteiger partial charge on any atom is -0.337 e. The van der Waals surface area contributed by atoms with Gasteiger partial charge in [0.25, 0.3) is 0 Å². The number of H-pyrrole nitrogens is 2. The summed E-state index contributed by atoms with van der Waals surface area (Å²) in [5.74, 6) is -0.559. The lowest BCUT2D eigenvalue weighted by Crippen LogP contribution is -2.13. The molecule has 1 aliphatic carbocycles. The number of hydrogen-bond acceptors (Lipinski definition) is 5. The highest BCUT2D eigenvalue weighted by Gasteiger charge is 2.29. The van der Waals surface area contributed by atoms with Gasteiger partial charge in [0.05, 0.1) is 40.0 Å². The Bertz CT molecular complexity index is 1860. The number of amides is 1. The molecule has 0 saturated heterocycles. The van der Waals surface area contributed by atoms with E-state index in [2.05, 4.69) is 30.5 Å². The zero-order chi connectivity index (χ0) is 25.8. The van der Waals surface area contributed by atoms with E-state index in [4.69, 9.17) is 4.98 Å². The summed E-state index contributed by atoms with van der Waals surface area (Å²) in [6.07, 6.45) is 6.29. The Hall–Kier alpha value is -4.99. The predicted octanol–water partition coefficient (Wildman–Crippen LogP) is 5.86. The zero-order valence-electron chi connectivity index (χ0n) is 19.8. The molecule has 0 bridgehead atoms. The number of pyridine rings is 2. The first-order chi connectivity index (χ1) is 18.5. The van der Waals surface area contributed by atoms with Gasteiger partial charge in [-0.05, 0) is 42.7 Å². The zero-order valence-corrected chi connectivity index (χ0v) is 19.8. The number of anilines is 1. The van der Waals surface area contributed by atoms with E-state index < -0.39 is 5.82 Å². The van der Waals surface area contributed by atoms with Crippen LogP contribution in [0.3, 0.4) is 0 Å². The number of benzene rings is 2. The van der Waals surface area contributed by atoms with Crippen molar-refractivity contribution in [3.05, 3.63) is 78.8 Å². The van der Waals surface area contributed by atoms with Crippen LogP contribution >= 0.6 is 0 Å². The normalized spacial score (nSPS) is 13.3. The van der Waals surface area contributed by atoms with Crippen LogP contribution in [0, 0.1) is 17.6 Å². The molecule has 1 aliphatic rings. The van der Waals surface area contributed by atoms with Gasteiger partial charge in [-0.25, -0.2) is 13.8 Å². The standard InChI is InChI=1S/C28H19F2N7O/c29-17-8-6-14(7-9-17)19-2-1-3-20-25(19)35-27(34-20)26-22-21(36-37-26)13-32-24(23(22)30)16-10-18(12-31-11-16)33-28(38)15-4-5-15/h1-3,6-13,15H,4-5H2,(H,33,38)(H,34,35)(H,36,37). The number of halogens is 2. The van der Waals surface area contributed by atoms with Crippen LogP contribution in [0.2, 0.25) is 0 Å². The van der Waals surface area contributed by atoms with Crippen molar-refractivity contribution in [3.63, 3.8) is 0 Å². The molecule has 8 nitrogen and oxygen atoms in total. The molecule has 10 heteroatoms. The van der Waals surface area contributed by atoms with Crippen molar-refractivity contribution in [1.82, 2.24) is 30.1 Å². The first kappa shape index (κ1) is 22.2. The lowest BCUT2D eigenvalue weighted by molar-refractivity contribution is -0.117. The molecule has 0 unspecified atom stereocenters. The van der Waals surface area contributed by atoms with Crippen molar-refractivity contribution in [1.29, 1.82) is 0 Å². The van der Waals surface area contributed by atoms with Gasteiger partial charge in [0.2, 0.25) is 5.91 Å². The fraction of sp³-hybridized carbons (Fsp3) is 0.107. The van der Waals surface area contributed by atoms with Crippen molar-refractivity contribution in [2.45, 2.75) is 12.8 Å². The van der Waals surface area contributed by atoms with Crippen LogP contribution in [0.15, 0.2) is 67.1 Å². The van der Waals surface area contributed by atoms with Gasteiger partial charge in [0, 0.05) is 23.2 Å². The molecule has 0 radical (unpaired) electrons. The molecule has 4 aromatic heterocycles. The smallest absolute Gasteiger partial charge is 0.227 e. The third-order valence-corrected chi connectivity index (χ3v) is 6.66. The summed E-state index contributed by atoms with van der Waals surface area (Å²) in [6, 6.07) is 13.5. The van der Waals surface area contributed by atoms with E-state index in [1.807, 2.05) is 18.2 Å². The number of nitrogens with one attached hydrogen (secondary N) is 3. The first-order valence-corrected chi connectivity index (χ1v) is 12.1. The molecule has 0 atom stereocenters. The number of carbonyl (C=O) groups is 1. The summed E-state index contributed by atoms with van der Waals surface area (Å²) in [6.45, 7) is 0. The maximum atomic E-state index is 16.0. The molecule has 7 rings (SSSR count). The Labute approximate surface area is 214 Å². The van der Waals surface area contributed by atoms with Gasteiger partial charge in [0.15, 0.2) is 11.6 Å². The van der Waals surface area contributed by atoms with Crippen LogP contribution in [-0.4, -0.2) is 36.0 Å². The van der Waals surface area contributed by atoms with Crippen LogP contribution in [0.4, 0.5) is 14.5 Å². The topological polar surface area (TPSA) is 112 Å². The number of nitrogens with zero attached hydrogens (tertiary/aromatic N) is 4. The van der Waals surface area contributed by atoms with Gasteiger partial charge in [-0.1, -0.05) is 24.3 Å². The Morgan fingerprint density at radius 2 is 1.79 bits per heavy atom. The average molecular weight is 508 g/mol. The molecule has 1 amide bonds. The van der Waals surface area contributed by atoms with Crippen LogP contribution in [0.1, 0.15) is 12.8 Å². The van der Waals surface area contributed by atoms with Gasteiger partial charge in [-0.2, -0.15) is 5.10 Å². The molecular weight excluding hydrogens is 488 g/mol. The quantitative estimate of drug-likeness (QED) is 0.271. The predicted molar refractivity (Wildman–Crippen MR) is 139 cm³/mol. The number of imidazole rings is 1. The number of aromatic amines is 2. The first-order valence-electron chi connectivity index (χ1n) is 12.1. The van der Waals surface area contributed by atoms with E-state index >= 15 is 4.39 Å². The third-order valence-electron chi connectivity index (χ3n) is 6.66. The second kappa shape index (κ2) is 8.55. The minimum atomic E-state index is -0.585. The minimum absolute atomic E-state index is 0.0331. The summed E-state index contributed by atoms with van der Waals surface area (Å²) in [7, 11) is 0. The monoisotopic (exact) mass is 507 g/mol. The molecule has 0 spiro atoms. The summed E-state index contributed by atoms with van der Waals surface area (Å²) in [5.41, 5.74) is 4.70. The highest BCUT2D eigenvalue weighted by Crippen LogP contribution is 2.35. The van der Waals surface area contributed by atoms with Crippen molar-refractivity contribution < 1.29 is 13.6 Å². The third kappa shape index (κ3) is 3.78. The second-order valence-electron chi connectivity index (χ2n) is 9.30. The summed E-state index contributed by atoms with van der Waals surface area (Å²) in [5, 5.41) is 10.2. The lowest BCUT2D eigenvalue weighted by Gasteiger charge is -2.07. The van der Waals surface area contributed by atoms with Crippen molar-refractivity contribution in [3.8, 4) is 33.9 Å². The molecule has 1 fully saturated rings. The number of aromatic nitrogens is 6. The van der Waals surface area contributed by atoms with E-state index in [-0.39, 0.29) is 28.7 Å². The maximum Gasteiger partial charge on any atom is 0.227 e. The van der Waals surface area contributed by atoms with Crippen molar-refractivity contribution in [2.24, 2.45) is 5.92 Å². The van der Waals surface area contributed by atoms with Crippen molar-refractivity contribution >= 4 is 33.5 Å². The summed E-state index contributed by atoms with van der Waals surface area (Å²) in [4.78, 5) is 28.6. The lowest BCUT2D eigenvalue weighted by atomic mass is 10.0. The number of rotatable bonds is 5. The average Bonchev–Trinajstić information content (AvgIpc) is 3.54. The highest BCUT2D eigenvalue weighted by atomic mass is 19.1. The van der Waals surface area contributed by atoms with Crippen LogP contribution in [-0.2, 0) is 4.79 Å². The van der Waals surface area contributed by atoms with Gasteiger partial charge < -0.3 is 10.3 Å². The van der Waals surface area contributed by atoms with Crippen LogP contribution < -0.4 is 5.32 Å². The molecule has 38 heavy (non-hydrogen) atoms. The van der Waals surface area contributed by atoms with Gasteiger partial charge >= 0.3 is 0 Å². The van der Waals surface area contributed by atoms with Crippen LogP contribution in [0.25, 0.3) is 55.8 Å². The molecule has 1 saturated carbocycles. The fourth-order valence-corrected chi connectivity index (χ4v) is 4.58. The van der Waals surface area contributed by atoms with Gasteiger partial charge in [-0.3, -0.25) is 19.9 Å². The summed E-state index contributed by atoms with van der Waals surface area (Å²) >= 11 is 0.